The Kier molecular flexibility index (Phi) is 5.67. The molecule has 2 heterocycles. The zero-order valence-electron chi connectivity index (χ0n) is 13.7. The van der Waals surface area contributed by atoms with Crippen molar-refractivity contribution in [2.24, 2.45) is 0 Å². The van der Waals surface area contributed by atoms with E-state index in [1.807, 2.05) is 0 Å². The zero-order chi connectivity index (χ0) is 17.9. The van der Waals surface area contributed by atoms with E-state index >= 15 is 0 Å². The number of benzene rings is 1. The molecule has 9 heteroatoms. The molecule has 25 heavy (non-hydrogen) atoms. The van der Waals surface area contributed by atoms with Crippen molar-refractivity contribution in [3.8, 4) is 0 Å². The topological polar surface area (TPSA) is 84.9 Å². The first-order valence-corrected chi connectivity index (χ1v) is 9.70. The van der Waals surface area contributed by atoms with Crippen LogP contribution in [0.25, 0.3) is 0 Å². The molecular weight excluding hydrogens is 351 g/mol. The average molecular weight is 372 g/mol. The maximum Gasteiger partial charge on any atom is 0.251 e. The highest BCUT2D eigenvalue weighted by molar-refractivity contribution is 7.89. The first-order valence-electron chi connectivity index (χ1n) is 8.26. The lowest BCUT2D eigenvalue weighted by molar-refractivity contribution is 0.0729. The van der Waals surface area contributed by atoms with Crippen LogP contribution in [0.5, 0.6) is 0 Å². The molecule has 1 unspecified atom stereocenters. The summed E-state index contributed by atoms with van der Waals surface area (Å²) < 4.78 is 51.1. The third-order valence-corrected chi connectivity index (χ3v) is 6.21. The van der Waals surface area contributed by atoms with Gasteiger partial charge in [-0.1, -0.05) is 0 Å². The van der Waals surface area contributed by atoms with Crippen molar-refractivity contribution in [2.75, 3.05) is 39.5 Å². The minimum absolute atomic E-state index is 0.0269. The van der Waals surface area contributed by atoms with E-state index in [2.05, 4.69) is 5.32 Å². The van der Waals surface area contributed by atoms with Gasteiger partial charge < -0.3 is 14.8 Å². The van der Waals surface area contributed by atoms with Crippen molar-refractivity contribution in [1.29, 1.82) is 0 Å². The monoisotopic (exact) mass is 372 g/mol. The van der Waals surface area contributed by atoms with Crippen molar-refractivity contribution >= 4 is 15.9 Å². The van der Waals surface area contributed by atoms with Gasteiger partial charge in [-0.15, -0.1) is 0 Å². The van der Waals surface area contributed by atoms with Crippen LogP contribution in [0.15, 0.2) is 23.1 Å². The summed E-state index contributed by atoms with van der Waals surface area (Å²) in [4.78, 5) is 11.8. The predicted molar refractivity (Wildman–Crippen MR) is 87.3 cm³/mol. The molecule has 1 amide bonds. The fourth-order valence-electron chi connectivity index (χ4n) is 2.88. The Labute approximate surface area is 146 Å². The van der Waals surface area contributed by atoms with Crippen LogP contribution in [-0.2, 0) is 19.5 Å². The van der Waals surface area contributed by atoms with E-state index in [0.717, 1.165) is 25.0 Å². The van der Waals surface area contributed by atoms with Gasteiger partial charge in [-0.25, -0.2) is 12.8 Å². The number of carbonyl (C=O) groups is 1. The summed E-state index contributed by atoms with van der Waals surface area (Å²) in [6.07, 6.45) is 1.81. The van der Waals surface area contributed by atoms with Crippen molar-refractivity contribution in [3.05, 3.63) is 29.6 Å². The summed E-state index contributed by atoms with van der Waals surface area (Å²) >= 11 is 0. The summed E-state index contributed by atoms with van der Waals surface area (Å²) in [5.41, 5.74) is 0.103. The Hall–Kier alpha value is -1.55. The summed E-state index contributed by atoms with van der Waals surface area (Å²) in [5, 5.41) is 2.70. The van der Waals surface area contributed by atoms with E-state index in [0.29, 0.717) is 13.2 Å². The van der Waals surface area contributed by atoms with Crippen LogP contribution in [0.2, 0.25) is 0 Å². The highest BCUT2D eigenvalue weighted by Gasteiger charge is 2.30. The van der Waals surface area contributed by atoms with Gasteiger partial charge in [0.1, 0.15) is 10.7 Å². The fraction of sp³-hybridized carbons (Fsp3) is 0.562. The van der Waals surface area contributed by atoms with Crippen LogP contribution in [0, 0.1) is 5.82 Å². The molecule has 138 valence electrons. The molecule has 1 atom stereocenters. The SMILES string of the molecule is O=C(NCC1CCCO1)c1ccc(F)c(S(=O)(=O)N2CCOCC2)c1. The molecule has 1 aromatic carbocycles. The zero-order valence-corrected chi connectivity index (χ0v) is 14.6. The van der Waals surface area contributed by atoms with Crippen LogP contribution in [0.3, 0.4) is 0 Å². The van der Waals surface area contributed by atoms with Crippen molar-refractivity contribution < 1.29 is 27.1 Å². The second-order valence-electron chi connectivity index (χ2n) is 6.01. The summed E-state index contributed by atoms with van der Waals surface area (Å²) in [7, 11) is -4.01. The van der Waals surface area contributed by atoms with Crippen LogP contribution in [-0.4, -0.2) is 64.2 Å². The van der Waals surface area contributed by atoms with Crippen LogP contribution >= 0.6 is 0 Å². The highest BCUT2D eigenvalue weighted by atomic mass is 32.2. The minimum atomic E-state index is -4.01. The quantitative estimate of drug-likeness (QED) is 0.825. The number of carbonyl (C=O) groups excluding carboxylic acids is 1. The number of amides is 1. The number of ether oxygens (including phenoxy) is 2. The van der Waals surface area contributed by atoms with Crippen LogP contribution in [0.4, 0.5) is 4.39 Å². The molecule has 2 fully saturated rings. The average Bonchev–Trinajstić information content (AvgIpc) is 3.14. The Morgan fingerprint density at radius 3 is 2.72 bits per heavy atom. The number of hydrogen-bond donors (Lipinski definition) is 1. The molecule has 0 saturated carbocycles. The molecule has 2 saturated heterocycles. The van der Waals surface area contributed by atoms with Gasteiger partial charge in [0, 0.05) is 31.8 Å². The molecule has 1 N–H and O–H groups in total. The van der Waals surface area contributed by atoms with E-state index in [4.69, 9.17) is 9.47 Å². The predicted octanol–water partition coefficient (Wildman–Crippen LogP) is 0.755. The van der Waals surface area contributed by atoms with Crippen molar-refractivity contribution in [2.45, 2.75) is 23.8 Å². The molecule has 7 nitrogen and oxygen atoms in total. The normalized spacial score (nSPS) is 22.0. The summed E-state index contributed by atoms with van der Waals surface area (Å²) in [5.74, 6) is -1.32. The molecule has 2 aliphatic heterocycles. The number of sulfonamides is 1. The fourth-order valence-corrected chi connectivity index (χ4v) is 4.38. The third-order valence-electron chi connectivity index (χ3n) is 4.30. The lowest BCUT2D eigenvalue weighted by Crippen LogP contribution is -2.41. The maximum absolute atomic E-state index is 14.1. The largest absolute Gasteiger partial charge is 0.379 e. The molecule has 1 aromatic rings. The Balaban J connectivity index is 1.76. The molecule has 0 radical (unpaired) electrons. The van der Waals surface area contributed by atoms with E-state index in [9.17, 15) is 17.6 Å². The molecule has 3 rings (SSSR count). The van der Waals surface area contributed by atoms with Gasteiger partial charge in [0.15, 0.2) is 0 Å². The van der Waals surface area contributed by atoms with Crippen molar-refractivity contribution in [1.82, 2.24) is 9.62 Å². The second-order valence-corrected chi connectivity index (χ2v) is 7.91. The van der Waals surface area contributed by atoms with Gasteiger partial charge in [0.05, 0.1) is 19.3 Å². The minimum Gasteiger partial charge on any atom is -0.379 e. The van der Waals surface area contributed by atoms with E-state index in [-0.39, 0.29) is 38.0 Å². The summed E-state index contributed by atoms with van der Waals surface area (Å²) in [6, 6.07) is 3.37. The maximum atomic E-state index is 14.1. The first-order chi connectivity index (χ1) is 12.0. The lowest BCUT2D eigenvalue weighted by Gasteiger charge is -2.26. The van der Waals surface area contributed by atoms with Gasteiger partial charge in [0.25, 0.3) is 5.91 Å². The number of halogens is 1. The van der Waals surface area contributed by atoms with Gasteiger partial charge in [-0.05, 0) is 31.0 Å². The first kappa shape index (κ1) is 18.2. The van der Waals surface area contributed by atoms with Gasteiger partial charge in [-0.2, -0.15) is 4.31 Å². The third kappa shape index (κ3) is 4.17. The highest BCUT2D eigenvalue weighted by Crippen LogP contribution is 2.22. The Morgan fingerprint density at radius 2 is 2.04 bits per heavy atom. The Morgan fingerprint density at radius 1 is 1.28 bits per heavy atom. The lowest BCUT2D eigenvalue weighted by atomic mass is 10.2. The molecule has 0 bridgehead atoms. The van der Waals surface area contributed by atoms with Gasteiger partial charge in [-0.3, -0.25) is 4.79 Å². The standard InChI is InChI=1S/C16H21FN2O5S/c17-14-4-3-12(16(20)18-11-13-2-1-7-24-13)10-15(14)25(21,22)19-5-8-23-9-6-19/h3-4,10,13H,1-2,5-9,11H2,(H,18,20). The van der Waals surface area contributed by atoms with Gasteiger partial charge >= 0.3 is 0 Å². The number of rotatable bonds is 5. The molecular formula is C16H21FN2O5S. The molecule has 0 spiro atoms. The van der Waals surface area contributed by atoms with Crippen molar-refractivity contribution in [3.63, 3.8) is 0 Å². The smallest absolute Gasteiger partial charge is 0.251 e. The molecule has 0 aliphatic carbocycles. The molecule has 2 aliphatic rings. The molecule has 0 aromatic heterocycles. The van der Waals surface area contributed by atoms with Crippen LogP contribution in [0.1, 0.15) is 23.2 Å². The van der Waals surface area contributed by atoms with E-state index in [1.54, 1.807) is 0 Å². The van der Waals surface area contributed by atoms with Gasteiger partial charge in [0.2, 0.25) is 10.0 Å². The number of hydrogen-bond acceptors (Lipinski definition) is 5. The van der Waals surface area contributed by atoms with Crippen LogP contribution < -0.4 is 5.32 Å². The summed E-state index contributed by atoms with van der Waals surface area (Å²) in [6.45, 7) is 1.89. The second kappa shape index (κ2) is 7.77. The number of morpholine rings is 1. The number of nitrogens with zero attached hydrogens (tertiary/aromatic N) is 1. The Bertz CT molecular complexity index is 728. The van der Waals surface area contributed by atoms with E-state index in [1.165, 1.54) is 10.4 Å². The number of nitrogens with one attached hydrogen (secondary N) is 1. The van der Waals surface area contributed by atoms with E-state index < -0.39 is 26.6 Å².